The van der Waals surface area contributed by atoms with Gasteiger partial charge >= 0.3 is 0 Å². The van der Waals surface area contributed by atoms with Crippen molar-refractivity contribution in [3.8, 4) is 5.75 Å². The van der Waals surface area contributed by atoms with Crippen LogP contribution in [0.1, 0.15) is 11.3 Å². The Morgan fingerprint density at radius 1 is 1.50 bits per heavy atom. The van der Waals surface area contributed by atoms with Crippen molar-refractivity contribution in [3.05, 3.63) is 52.9 Å². The van der Waals surface area contributed by atoms with Crippen LogP contribution >= 0.6 is 11.6 Å². The number of benzene rings is 1. The molecule has 0 spiro atoms. The van der Waals surface area contributed by atoms with Crippen LogP contribution in [0.25, 0.3) is 0 Å². The fraction of sp³-hybridized carbons (Fsp3) is 0.143. The number of carbonyl (C=O) groups excluding carboxylic acids is 1. The van der Waals surface area contributed by atoms with Crippen molar-refractivity contribution in [3.63, 3.8) is 0 Å². The number of hydrazone groups is 1. The van der Waals surface area contributed by atoms with E-state index in [0.717, 1.165) is 5.56 Å². The van der Waals surface area contributed by atoms with Crippen molar-refractivity contribution in [2.75, 3.05) is 6.61 Å². The topological polar surface area (TPSA) is 63.8 Å². The maximum atomic E-state index is 11.5. The van der Waals surface area contributed by atoms with Gasteiger partial charge < -0.3 is 9.15 Å². The number of halogens is 1. The molecular formula is C14H13ClN2O3. The van der Waals surface area contributed by atoms with Crippen molar-refractivity contribution >= 4 is 23.7 Å². The van der Waals surface area contributed by atoms with E-state index in [9.17, 15) is 4.79 Å². The fourth-order valence-corrected chi connectivity index (χ4v) is 1.71. The Bertz CT molecular complexity index is 609. The van der Waals surface area contributed by atoms with Crippen LogP contribution in [0.3, 0.4) is 0 Å². The Kier molecular flexibility index (Phi) is 4.79. The normalized spacial score (nSPS) is 10.7. The number of furan rings is 1. The van der Waals surface area contributed by atoms with Gasteiger partial charge in [0.15, 0.2) is 6.61 Å². The molecular weight excluding hydrogens is 280 g/mol. The van der Waals surface area contributed by atoms with Crippen LogP contribution in [-0.2, 0) is 4.79 Å². The highest BCUT2D eigenvalue weighted by molar-refractivity contribution is 6.30. The molecule has 1 amide bonds. The molecule has 1 aromatic heterocycles. The lowest BCUT2D eigenvalue weighted by Gasteiger charge is -2.08. The van der Waals surface area contributed by atoms with Gasteiger partial charge in [-0.3, -0.25) is 4.79 Å². The van der Waals surface area contributed by atoms with Gasteiger partial charge in [0.2, 0.25) is 0 Å². The fourth-order valence-electron chi connectivity index (χ4n) is 1.48. The third kappa shape index (κ3) is 4.13. The van der Waals surface area contributed by atoms with Gasteiger partial charge in [-0.2, -0.15) is 5.10 Å². The van der Waals surface area contributed by atoms with Crippen LogP contribution in [-0.4, -0.2) is 18.7 Å². The molecule has 5 nitrogen and oxygen atoms in total. The summed E-state index contributed by atoms with van der Waals surface area (Å²) in [6, 6.07) is 8.65. The van der Waals surface area contributed by atoms with Gasteiger partial charge in [0.1, 0.15) is 11.5 Å². The van der Waals surface area contributed by atoms with Crippen LogP contribution in [0.5, 0.6) is 5.75 Å². The standard InChI is InChI=1S/C14H13ClN2O3/c1-10-7-11(15)4-5-13(10)20-9-14(18)17-16-8-12-3-2-6-19-12/h2-8H,9H2,1H3,(H,17,18)/b16-8-. The minimum absolute atomic E-state index is 0.127. The van der Waals surface area contributed by atoms with Gasteiger partial charge in [-0.05, 0) is 42.8 Å². The van der Waals surface area contributed by atoms with Crippen molar-refractivity contribution < 1.29 is 13.9 Å². The van der Waals surface area contributed by atoms with Crippen LogP contribution in [0.2, 0.25) is 5.02 Å². The third-order valence-corrected chi connectivity index (χ3v) is 2.66. The second-order valence-electron chi connectivity index (χ2n) is 4.01. The summed E-state index contributed by atoms with van der Waals surface area (Å²) < 4.78 is 10.4. The number of nitrogens with zero attached hydrogens (tertiary/aromatic N) is 1. The molecule has 0 aliphatic rings. The SMILES string of the molecule is Cc1cc(Cl)ccc1OCC(=O)N/N=C\c1ccco1. The van der Waals surface area contributed by atoms with Gasteiger partial charge in [-0.25, -0.2) is 5.43 Å². The van der Waals surface area contributed by atoms with Crippen LogP contribution < -0.4 is 10.2 Å². The van der Waals surface area contributed by atoms with E-state index in [0.29, 0.717) is 16.5 Å². The van der Waals surface area contributed by atoms with E-state index in [1.165, 1.54) is 12.5 Å². The van der Waals surface area contributed by atoms with Crippen molar-refractivity contribution in [1.29, 1.82) is 0 Å². The first-order chi connectivity index (χ1) is 9.65. The molecule has 104 valence electrons. The monoisotopic (exact) mass is 292 g/mol. The van der Waals surface area contributed by atoms with Gasteiger partial charge in [-0.1, -0.05) is 11.6 Å². The summed E-state index contributed by atoms with van der Waals surface area (Å²) in [7, 11) is 0. The van der Waals surface area contributed by atoms with Gasteiger partial charge in [0, 0.05) is 5.02 Å². The number of rotatable bonds is 5. The molecule has 0 fully saturated rings. The van der Waals surface area contributed by atoms with E-state index >= 15 is 0 Å². The number of carbonyl (C=O) groups is 1. The molecule has 6 heteroatoms. The Labute approximate surface area is 121 Å². The van der Waals surface area contributed by atoms with E-state index in [4.69, 9.17) is 20.8 Å². The molecule has 0 aliphatic heterocycles. The Hall–Kier alpha value is -2.27. The molecule has 0 saturated heterocycles. The summed E-state index contributed by atoms with van der Waals surface area (Å²) in [6.07, 6.45) is 2.93. The molecule has 1 N–H and O–H groups in total. The molecule has 0 unspecified atom stereocenters. The molecule has 0 aliphatic carbocycles. The number of ether oxygens (including phenoxy) is 1. The Morgan fingerprint density at radius 2 is 2.35 bits per heavy atom. The highest BCUT2D eigenvalue weighted by Gasteiger charge is 2.04. The van der Waals surface area contributed by atoms with E-state index in [-0.39, 0.29) is 12.5 Å². The first kappa shape index (κ1) is 14.1. The average molecular weight is 293 g/mol. The molecule has 0 atom stereocenters. The Morgan fingerprint density at radius 3 is 3.05 bits per heavy atom. The minimum Gasteiger partial charge on any atom is -0.483 e. The zero-order valence-corrected chi connectivity index (χ0v) is 11.6. The Balaban J connectivity index is 1.80. The summed E-state index contributed by atoms with van der Waals surface area (Å²) >= 11 is 5.83. The second-order valence-corrected chi connectivity index (χ2v) is 4.44. The van der Waals surface area contributed by atoms with Crippen molar-refractivity contribution in [1.82, 2.24) is 5.43 Å². The molecule has 2 rings (SSSR count). The average Bonchev–Trinajstić information content (AvgIpc) is 2.91. The van der Waals surface area contributed by atoms with E-state index in [1.807, 2.05) is 6.92 Å². The lowest BCUT2D eigenvalue weighted by molar-refractivity contribution is -0.123. The van der Waals surface area contributed by atoms with Crippen molar-refractivity contribution in [2.24, 2.45) is 5.10 Å². The maximum absolute atomic E-state index is 11.5. The zero-order valence-electron chi connectivity index (χ0n) is 10.8. The molecule has 2 aromatic rings. The zero-order chi connectivity index (χ0) is 14.4. The molecule has 0 saturated carbocycles. The molecule has 1 heterocycles. The number of hydrogen-bond donors (Lipinski definition) is 1. The number of aryl methyl sites for hydroxylation is 1. The molecule has 1 aromatic carbocycles. The summed E-state index contributed by atoms with van der Waals surface area (Å²) in [5, 5.41) is 4.37. The summed E-state index contributed by atoms with van der Waals surface area (Å²) in [5.74, 6) is 0.807. The lowest BCUT2D eigenvalue weighted by atomic mass is 10.2. The van der Waals surface area contributed by atoms with E-state index in [1.54, 1.807) is 30.3 Å². The van der Waals surface area contributed by atoms with Crippen LogP contribution in [0.4, 0.5) is 0 Å². The molecule has 20 heavy (non-hydrogen) atoms. The largest absolute Gasteiger partial charge is 0.483 e. The lowest BCUT2D eigenvalue weighted by Crippen LogP contribution is -2.24. The predicted molar refractivity (Wildman–Crippen MR) is 76.1 cm³/mol. The van der Waals surface area contributed by atoms with Crippen molar-refractivity contribution in [2.45, 2.75) is 6.92 Å². The van der Waals surface area contributed by atoms with Gasteiger partial charge in [0.25, 0.3) is 5.91 Å². The summed E-state index contributed by atoms with van der Waals surface area (Å²) in [5.41, 5.74) is 3.21. The molecule has 0 radical (unpaired) electrons. The highest BCUT2D eigenvalue weighted by atomic mass is 35.5. The first-order valence-corrected chi connectivity index (χ1v) is 6.27. The summed E-state index contributed by atoms with van der Waals surface area (Å²) in [6.45, 7) is 1.73. The van der Waals surface area contributed by atoms with Crippen LogP contribution in [0.15, 0.2) is 46.1 Å². The molecule has 0 bridgehead atoms. The van der Waals surface area contributed by atoms with E-state index in [2.05, 4.69) is 10.5 Å². The minimum atomic E-state index is -0.359. The highest BCUT2D eigenvalue weighted by Crippen LogP contribution is 2.21. The maximum Gasteiger partial charge on any atom is 0.277 e. The number of nitrogens with one attached hydrogen (secondary N) is 1. The summed E-state index contributed by atoms with van der Waals surface area (Å²) in [4.78, 5) is 11.5. The van der Waals surface area contributed by atoms with Crippen LogP contribution in [0, 0.1) is 6.92 Å². The quantitative estimate of drug-likeness (QED) is 0.681. The van der Waals surface area contributed by atoms with Gasteiger partial charge in [-0.15, -0.1) is 0 Å². The number of amides is 1. The smallest absolute Gasteiger partial charge is 0.277 e. The second kappa shape index (κ2) is 6.77. The van der Waals surface area contributed by atoms with Gasteiger partial charge in [0.05, 0.1) is 12.5 Å². The third-order valence-electron chi connectivity index (χ3n) is 2.42. The first-order valence-electron chi connectivity index (χ1n) is 5.89. The van der Waals surface area contributed by atoms with E-state index < -0.39 is 0 Å². The number of hydrogen-bond acceptors (Lipinski definition) is 4. The predicted octanol–water partition coefficient (Wildman–Crippen LogP) is 2.77.